The predicted molar refractivity (Wildman–Crippen MR) is 54.1 cm³/mol. The van der Waals surface area contributed by atoms with Crippen LogP contribution in [-0.4, -0.2) is 35.7 Å². The van der Waals surface area contributed by atoms with Gasteiger partial charge in [0.05, 0.1) is 12.7 Å². The van der Waals surface area contributed by atoms with Gasteiger partial charge < -0.3 is 20.3 Å². The van der Waals surface area contributed by atoms with Crippen LogP contribution in [0.25, 0.3) is 0 Å². The van der Waals surface area contributed by atoms with Gasteiger partial charge in [0.25, 0.3) is 5.91 Å². The second kappa shape index (κ2) is 5.01. The first-order valence-electron chi connectivity index (χ1n) is 4.42. The van der Waals surface area contributed by atoms with Crippen molar-refractivity contribution in [2.45, 2.75) is 0 Å². The molecule has 0 aliphatic carbocycles. The Morgan fingerprint density at radius 3 is 2.69 bits per heavy atom. The first-order chi connectivity index (χ1) is 7.56. The average molecular weight is 225 g/mol. The lowest BCUT2D eigenvalue weighted by Gasteiger charge is -2.06. The lowest BCUT2D eigenvalue weighted by Crippen LogP contribution is -2.30. The van der Waals surface area contributed by atoms with Crippen molar-refractivity contribution in [1.29, 1.82) is 0 Å². The molecular weight excluding hydrogens is 214 g/mol. The molecule has 3 N–H and O–H groups in total. The van der Waals surface area contributed by atoms with E-state index in [1.807, 2.05) is 0 Å². The minimum atomic E-state index is -0.668. The molecule has 0 unspecified atom stereocenters. The number of amides is 1. The zero-order valence-corrected chi connectivity index (χ0v) is 8.56. The molecule has 0 atom stereocenters. The Morgan fingerprint density at radius 1 is 1.38 bits per heavy atom. The molecule has 1 amide bonds. The van der Waals surface area contributed by atoms with Crippen LogP contribution in [0.2, 0.25) is 0 Å². The monoisotopic (exact) mass is 225 g/mol. The number of rotatable bonds is 3. The van der Waals surface area contributed by atoms with E-state index in [0.717, 1.165) is 0 Å². The second-order valence-corrected chi connectivity index (χ2v) is 2.93. The van der Waals surface area contributed by atoms with Crippen LogP contribution in [0, 0.1) is 0 Å². The zero-order valence-electron chi connectivity index (χ0n) is 8.56. The van der Waals surface area contributed by atoms with Gasteiger partial charge in [-0.25, -0.2) is 0 Å². The van der Waals surface area contributed by atoms with E-state index in [1.165, 1.54) is 25.3 Å². The Labute approximate surface area is 91.5 Å². The molecule has 1 aromatic carbocycles. The summed E-state index contributed by atoms with van der Waals surface area (Å²) in [5.74, 6) is -2.19. The highest BCUT2D eigenvalue weighted by Gasteiger charge is 2.14. The van der Waals surface area contributed by atoms with Crippen molar-refractivity contribution in [1.82, 2.24) is 5.32 Å². The summed E-state index contributed by atoms with van der Waals surface area (Å²) in [4.78, 5) is 22.2. The number of phenolic OH excluding ortho intramolecular Hbond substituents is 2. The fourth-order valence-electron chi connectivity index (χ4n) is 1.03. The summed E-state index contributed by atoms with van der Waals surface area (Å²) in [6.45, 7) is -0.301. The van der Waals surface area contributed by atoms with E-state index in [9.17, 15) is 14.7 Å². The highest BCUT2D eigenvalue weighted by molar-refractivity contribution is 5.98. The van der Waals surface area contributed by atoms with Crippen LogP contribution >= 0.6 is 0 Å². The van der Waals surface area contributed by atoms with Gasteiger partial charge in [0, 0.05) is 0 Å². The largest absolute Gasteiger partial charge is 0.504 e. The number of hydrogen-bond donors (Lipinski definition) is 3. The van der Waals surface area contributed by atoms with Gasteiger partial charge in [-0.3, -0.25) is 9.59 Å². The summed E-state index contributed by atoms with van der Waals surface area (Å²) in [6, 6.07) is 3.97. The highest BCUT2D eigenvalue weighted by Crippen LogP contribution is 2.27. The van der Waals surface area contributed by atoms with E-state index in [0.29, 0.717) is 0 Å². The van der Waals surface area contributed by atoms with Crippen LogP contribution in [-0.2, 0) is 9.53 Å². The maximum absolute atomic E-state index is 11.4. The average Bonchev–Trinajstić information content (AvgIpc) is 2.29. The smallest absolute Gasteiger partial charge is 0.325 e. The standard InChI is InChI=1S/C10H11NO5/c1-16-8(13)5-11-10(15)6-3-2-4-7(12)9(6)14/h2-4,12,14H,5H2,1H3,(H,11,15). The number of carbonyl (C=O) groups is 2. The van der Waals surface area contributed by atoms with E-state index >= 15 is 0 Å². The van der Waals surface area contributed by atoms with E-state index in [2.05, 4.69) is 10.1 Å². The van der Waals surface area contributed by atoms with E-state index in [1.54, 1.807) is 0 Å². The van der Waals surface area contributed by atoms with Gasteiger partial charge in [-0.05, 0) is 12.1 Å². The fourth-order valence-corrected chi connectivity index (χ4v) is 1.03. The quantitative estimate of drug-likeness (QED) is 0.497. The maximum atomic E-state index is 11.4. The van der Waals surface area contributed by atoms with Crippen molar-refractivity contribution >= 4 is 11.9 Å². The third kappa shape index (κ3) is 2.63. The number of ether oxygens (including phenoxy) is 1. The summed E-state index contributed by atoms with van der Waals surface area (Å²) >= 11 is 0. The van der Waals surface area contributed by atoms with Crippen LogP contribution < -0.4 is 5.32 Å². The number of methoxy groups -OCH3 is 1. The summed E-state index contributed by atoms with van der Waals surface area (Å²) < 4.78 is 4.32. The van der Waals surface area contributed by atoms with Crippen molar-refractivity contribution in [2.75, 3.05) is 13.7 Å². The SMILES string of the molecule is COC(=O)CNC(=O)c1cccc(O)c1O. The van der Waals surface area contributed by atoms with Crippen molar-refractivity contribution in [3.63, 3.8) is 0 Å². The third-order valence-electron chi connectivity index (χ3n) is 1.88. The third-order valence-corrected chi connectivity index (χ3v) is 1.88. The number of hydrogen-bond acceptors (Lipinski definition) is 5. The molecule has 86 valence electrons. The minimum absolute atomic E-state index is 0.107. The highest BCUT2D eigenvalue weighted by atomic mass is 16.5. The molecule has 0 bridgehead atoms. The minimum Gasteiger partial charge on any atom is -0.504 e. The molecule has 0 heterocycles. The molecule has 1 rings (SSSR count). The molecular formula is C10H11NO5. The second-order valence-electron chi connectivity index (χ2n) is 2.93. The first kappa shape index (κ1) is 11.8. The van der Waals surface area contributed by atoms with Gasteiger partial charge >= 0.3 is 5.97 Å². The molecule has 6 nitrogen and oxygen atoms in total. The summed E-state index contributed by atoms with van der Waals surface area (Å²) in [6.07, 6.45) is 0. The number of para-hydroxylation sites is 1. The molecule has 16 heavy (non-hydrogen) atoms. The van der Waals surface area contributed by atoms with Crippen molar-refractivity contribution in [2.24, 2.45) is 0 Å². The van der Waals surface area contributed by atoms with Gasteiger partial charge in [0.15, 0.2) is 11.5 Å². The number of benzene rings is 1. The summed E-state index contributed by atoms with van der Waals surface area (Å²) in [7, 11) is 1.19. The van der Waals surface area contributed by atoms with Gasteiger partial charge in [0.2, 0.25) is 0 Å². The zero-order chi connectivity index (χ0) is 12.1. The molecule has 0 fully saturated rings. The van der Waals surface area contributed by atoms with Crippen LogP contribution in [0.5, 0.6) is 11.5 Å². The number of nitrogens with one attached hydrogen (secondary N) is 1. The van der Waals surface area contributed by atoms with Gasteiger partial charge in [-0.2, -0.15) is 0 Å². The Hall–Kier alpha value is -2.24. The number of carbonyl (C=O) groups excluding carboxylic acids is 2. The van der Waals surface area contributed by atoms with Crippen LogP contribution in [0.15, 0.2) is 18.2 Å². The van der Waals surface area contributed by atoms with Crippen molar-refractivity contribution in [3.05, 3.63) is 23.8 Å². The molecule has 0 aromatic heterocycles. The fraction of sp³-hybridized carbons (Fsp3) is 0.200. The molecule has 0 saturated heterocycles. The van der Waals surface area contributed by atoms with Crippen molar-refractivity contribution < 1.29 is 24.5 Å². The summed E-state index contributed by atoms with van der Waals surface area (Å²) in [5.41, 5.74) is -0.107. The van der Waals surface area contributed by atoms with Crippen LogP contribution in [0.3, 0.4) is 0 Å². The molecule has 0 aliphatic heterocycles. The normalized spacial score (nSPS) is 9.56. The molecule has 0 aliphatic rings. The summed E-state index contributed by atoms with van der Waals surface area (Å²) in [5, 5.41) is 20.7. The van der Waals surface area contributed by atoms with E-state index in [-0.39, 0.29) is 12.1 Å². The molecule has 1 aromatic rings. The van der Waals surface area contributed by atoms with Gasteiger partial charge in [0.1, 0.15) is 6.54 Å². The Kier molecular flexibility index (Phi) is 3.71. The van der Waals surface area contributed by atoms with Gasteiger partial charge in [-0.15, -0.1) is 0 Å². The molecule has 0 saturated carbocycles. The van der Waals surface area contributed by atoms with E-state index in [4.69, 9.17) is 5.11 Å². The molecule has 6 heteroatoms. The van der Waals surface area contributed by atoms with Crippen LogP contribution in [0.4, 0.5) is 0 Å². The van der Waals surface area contributed by atoms with E-state index < -0.39 is 23.4 Å². The topological polar surface area (TPSA) is 95.9 Å². The number of aromatic hydroxyl groups is 2. The number of esters is 1. The first-order valence-corrected chi connectivity index (χ1v) is 4.42. The molecule has 0 spiro atoms. The Bertz CT molecular complexity index is 416. The van der Waals surface area contributed by atoms with Crippen LogP contribution in [0.1, 0.15) is 10.4 Å². The lowest BCUT2D eigenvalue weighted by atomic mass is 10.1. The Morgan fingerprint density at radius 2 is 2.06 bits per heavy atom. The predicted octanol–water partition coefficient (Wildman–Crippen LogP) is 0.000600. The lowest BCUT2D eigenvalue weighted by molar-refractivity contribution is -0.139. The molecule has 0 radical (unpaired) electrons. The van der Waals surface area contributed by atoms with Gasteiger partial charge in [-0.1, -0.05) is 6.07 Å². The Balaban J connectivity index is 2.74. The van der Waals surface area contributed by atoms with Crippen molar-refractivity contribution in [3.8, 4) is 11.5 Å². The number of phenols is 2. The maximum Gasteiger partial charge on any atom is 0.325 e.